The summed E-state index contributed by atoms with van der Waals surface area (Å²) in [5.74, 6) is -3.01. The number of ether oxygens (including phenoxy) is 1. The largest absolute Gasteiger partial charge is 0.437 e. The standard InChI is InChI=1S/C21H21F3N2O2/c1-3-15(4-2)17(7-5-11-22)18-8-6-12-25-20(18)28-16-9-10-19(26-13-16)21(23,24)14-27/h3,5-10,12-13,27H,1,4,11,14H2,2H3/b7-5-,17-15-. The van der Waals surface area contributed by atoms with E-state index in [1.807, 2.05) is 6.92 Å². The summed E-state index contributed by atoms with van der Waals surface area (Å²) in [6, 6.07) is 5.88. The first kappa shape index (κ1) is 21.4. The zero-order valence-electron chi connectivity index (χ0n) is 15.4. The van der Waals surface area contributed by atoms with Crippen molar-refractivity contribution in [2.75, 3.05) is 13.3 Å². The van der Waals surface area contributed by atoms with E-state index in [1.54, 1.807) is 24.3 Å². The van der Waals surface area contributed by atoms with Gasteiger partial charge in [0.05, 0.1) is 6.20 Å². The van der Waals surface area contributed by atoms with Gasteiger partial charge in [-0.25, -0.2) is 9.37 Å². The van der Waals surface area contributed by atoms with Crippen molar-refractivity contribution in [2.24, 2.45) is 0 Å². The summed E-state index contributed by atoms with van der Waals surface area (Å²) >= 11 is 0. The van der Waals surface area contributed by atoms with Gasteiger partial charge < -0.3 is 9.84 Å². The van der Waals surface area contributed by atoms with Crippen molar-refractivity contribution in [2.45, 2.75) is 19.3 Å². The third-order valence-electron chi connectivity index (χ3n) is 3.93. The lowest BCUT2D eigenvalue weighted by Gasteiger charge is -2.15. The van der Waals surface area contributed by atoms with Gasteiger partial charge in [-0.3, -0.25) is 4.98 Å². The number of allylic oxidation sites excluding steroid dienone is 5. The second-order valence-corrected chi connectivity index (χ2v) is 5.75. The monoisotopic (exact) mass is 390 g/mol. The lowest BCUT2D eigenvalue weighted by Crippen LogP contribution is -2.19. The molecule has 4 nitrogen and oxygen atoms in total. The Bertz CT molecular complexity index is 862. The highest BCUT2D eigenvalue weighted by molar-refractivity contribution is 5.80. The number of alkyl halides is 3. The van der Waals surface area contributed by atoms with Crippen LogP contribution in [0.5, 0.6) is 11.6 Å². The van der Waals surface area contributed by atoms with Crippen LogP contribution in [0.3, 0.4) is 0 Å². The number of hydrogen-bond acceptors (Lipinski definition) is 4. The Morgan fingerprint density at radius 1 is 1.29 bits per heavy atom. The number of aliphatic hydroxyl groups is 1. The van der Waals surface area contributed by atoms with Crippen LogP contribution >= 0.6 is 0 Å². The number of aromatic nitrogens is 2. The van der Waals surface area contributed by atoms with E-state index in [4.69, 9.17) is 9.84 Å². The number of hydrogen-bond donors (Lipinski definition) is 1. The van der Waals surface area contributed by atoms with Crippen LogP contribution in [-0.4, -0.2) is 28.4 Å². The van der Waals surface area contributed by atoms with Gasteiger partial charge in [0.25, 0.3) is 0 Å². The second kappa shape index (κ2) is 9.85. The molecule has 0 saturated heterocycles. The van der Waals surface area contributed by atoms with Crippen LogP contribution < -0.4 is 4.74 Å². The molecule has 0 aromatic carbocycles. The summed E-state index contributed by atoms with van der Waals surface area (Å²) in [7, 11) is 0. The lowest BCUT2D eigenvalue weighted by atomic mass is 9.98. The quantitative estimate of drug-likeness (QED) is 0.596. The predicted molar refractivity (Wildman–Crippen MR) is 102 cm³/mol. The summed E-state index contributed by atoms with van der Waals surface area (Å²) in [5.41, 5.74) is 1.62. The van der Waals surface area contributed by atoms with E-state index in [0.29, 0.717) is 17.6 Å². The van der Waals surface area contributed by atoms with Gasteiger partial charge in [0.2, 0.25) is 5.88 Å². The second-order valence-electron chi connectivity index (χ2n) is 5.75. The predicted octanol–water partition coefficient (Wildman–Crippen LogP) is 5.23. The molecule has 0 amide bonds. The van der Waals surface area contributed by atoms with Gasteiger partial charge >= 0.3 is 5.92 Å². The van der Waals surface area contributed by atoms with Gasteiger partial charge in [-0.2, -0.15) is 8.78 Å². The van der Waals surface area contributed by atoms with Crippen LogP contribution in [0.15, 0.2) is 67.0 Å². The van der Waals surface area contributed by atoms with Gasteiger partial charge in [-0.1, -0.05) is 31.7 Å². The van der Waals surface area contributed by atoms with E-state index in [-0.39, 0.29) is 11.6 Å². The van der Waals surface area contributed by atoms with E-state index in [9.17, 15) is 13.2 Å². The molecule has 7 heteroatoms. The van der Waals surface area contributed by atoms with E-state index in [2.05, 4.69) is 16.5 Å². The summed E-state index contributed by atoms with van der Waals surface area (Å²) in [4.78, 5) is 7.86. The number of nitrogens with zero attached hydrogens (tertiary/aromatic N) is 2. The first-order chi connectivity index (χ1) is 13.5. The minimum absolute atomic E-state index is 0.197. The summed E-state index contributed by atoms with van der Waals surface area (Å²) in [6.07, 6.45) is 8.01. The average Bonchev–Trinajstić information content (AvgIpc) is 2.72. The first-order valence-electron chi connectivity index (χ1n) is 8.63. The SMILES string of the molecule is C=C/C(CC)=C(\C=C/CF)c1cccnc1Oc1ccc(C(F)(F)CO)nc1. The minimum atomic E-state index is -3.43. The lowest BCUT2D eigenvalue weighted by molar-refractivity contribution is -0.0592. The minimum Gasteiger partial charge on any atom is -0.437 e. The molecule has 148 valence electrons. The molecule has 0 spiro atoms. The Balaban J connectivity index is 2.42. The van der Waals surface area contributed by atoms with Crippen molar-refractivity contribution in [3.05, 3.63) is 78.3 Å². The van der Waals surface area contributed by atoms with Gasteiger partial charge in [0.1, 0.15) is 24.7 Å². The molecule has 2 aromatic heterocycles. The van der Waals surface area contributed by atoms with Crippen LogP contribution in [0.4, 0.5) is 13.2 Å². The molecule has 0 atom stereocenters. The third-order valence-corrected chi connectivity index (χ3v) is 3.93. The molecule has 0 unspecified atom stereocenters. The highest BCUT2D eigenvalue weighted by atomic mass is 19.3. The molecule has 0 saturated carbocycles. The molecule has 2 aromatic rings. The molecule has 0 aliphatic carbocycles. The van der Waals surface area contributed by atoms with Crippen molar-refractivity contribution in [3.63, 3.8) is 0 Å². The van der Waals surface area contributed by atoms with E-state index < -0.39 is 24.9 Å². The smallest absolute Gasteiger partial charge is 0.312 e. The van der Waals surface area contributed by atoms with Crippen LogP contribution in [0.2, 0.25) is 0 Å². The van der Waals surface area contributed by atoms with Crippen LogP contribution in [0.25, 0.3) is 5.57 Å². The molecular formula is C21H21F3N2O2. The molecule has 28 heavy (non-hydrogen) atoms. The van der Waals surface area contributed by atoms with E-state index in [0.717, 1.165) is 17.8 Å². The van der Waals surface area contributed by atoms with E-state index >= 15 is 0 Å². The number of halogens is 3. The Morgan fingerprint density at radius 2 is 2.07 bits per heavy atom. The van der Waals surface area contributed by atoms with E-state index in [1.165, 1.54) is 18.3 Å². The Kier molecular flexibility index (Phi) is 7.52. The van der Waals surface area contributed by atoms with Crippen molar-refractivity contribution in [3.8, 4) is 11.6 Å². The maximum absolute atomic E-state index is 13.5. The molecule has 2 heterocycles. The van der Waals surface area contributed by atoms with Crippen molar-refractivity contribution < 1.29 is 23.0 Å². The number of aliphatic hydroxyl groups excluding tert-OH is 1. The topological polar surface area (TPSA) is 55.2 Å². The molecular weight excluding hydrogens is 369 g/mol. The Hall–Kier alpha value is -2.93. The summed E-state index contributed by atoms with van der Waals surface area (Å²) in [6.45, 7) is 3.78. The molecule has 0 aliphatic heterocycles. The Labute approximate surface area is 161 Å². The normalized spacial score (nSPS) is 12.8. The number of rotatable bonds is 9. The molecule has 2 rings (SSSR count). The molecule has 0 bridgehead atoms. The molecule has 1 N–H and O–H groups in total. The van der Waals surface area contributed by atoms with Gasteiger partial charge in [-0.15, -0.1) is 0 Å². The van der Waals surface area contributed by atoms with Crippen LogP contribution in [-0.2, 0) is 5.92 Å². The summed E-state index contributed by atoms with van der Waals surface area (Å²) in [5, 5.41) is 8.74. The fourth-order valence-electron chi connectivity index (χ4n) is 2.50. The highest BCUT2D eigenvalue weighted by Gasteiger charge is 2.32. The maximum Gasteiger partial charge on any atom is 0.312 e. The Morgan fingerprint density at radius 3 is 2.64 bits per heavy atom. The van der Waals surface area contributed by atoms with Crippen molar-refractivity contribution in [1.82, 2.24) is 9.97 Å². The van der Waals surface area contributed by atoms with Crippen molar-refractivity contribution >= 4 is 5.57 Å². The van der Waals surface area contributed by atoms with Gasteiger partial charge in [-0.05, 0) is 41.8 Å². The first-order valence-corrected chi connectivity index (χ1v) is 8.63. The highest BCUT2D eigenvalue weighted by Crippen LogP contribution is 2.33. The summed E-state index contributed by atoms with van der Waals surface area (Å²) < 4.78 is 45.4. The fourth-order valence-corrected chi connectivity index (χ4v) is 2.50. The van der Waals surface area contributed by atoms with Gasteiger partial charge in [0.15, 0.2) is 0 Å². The average molecular weight is 390 g/mol. The third kappa shape index (κ3) is 5.07. The van der Waals surface area contributed by atoms with Crippen LogP contribution in [0.1, 0.15) is 24.6 Å². The maximum atomic E-state index is 13.5. The van der Waals surface area contributed by atoms with Crippen LogP contribution in [0, 0.1) is 0 Å². The zero-order valence-corrected chi connectivity index (χ0v) is 15.4. The van der Waals surface area contributed by atoms with Gasteiger partial charge in [0, 0.05) is 11.8 Å². The zero-order chi connectivity index (χ0) is 20.6. The number of pyridine rings is 2. The molecule has 0 radical (unpaired) electrons. The van der Waals surface area contributed by atoms with Crippen molar-refractivity contribution in [1.29, 1.82) is 0 Å². The fraction of sp³-hybridized carbons (Fsp3) is 0.238. The molecule has 0 fully saturated rings. The molecule has 0 aliphatic rings.